The number of aromatic nitrogens is 2. The molecule has 1 aliphatic rings. The summed E-state index contributed by atoms with van der Waals surface area (Å²) in [6.45, 7) is 5.34. The second kappa shape index (κ2) is 5.33. The third kappa shape index (κ3) is 2.45. The molecule has 1 atom stereocenters. The molecule has 1 aromatic carbocycles. The highest BCUT2D eigenvalue weighted by molar-refractivity contribution is 5.95. The van der Waals surface area contributed by atoms with Crippen LogP contribution in [0.5, 0.6) is 0 Å². The van der Waals surface area contributed by atoms with Crippen LogP contribution in [0.2, 0.25) is 0 Å². The number of nitrogens with two attached hydrogens (primary N) is 1. The number of hydrogen-bond acceptors (Lipinski definition) is 3. The third-order valence-corrected chi connectivity index (χ3v) is 4.10. The number of hydrogen-bond donors (Lipinski definition) is 1. The highest BCUT2D eigenvalue weighted by Crippen LogP contribution is 2.20. The summed E-state index contributed by atoms with van der Waals surface area (Å²) in [4.78, 5) is 14.4. The van der Waals surface area contributed by atoms with Gasteiger partial charge in [-0.2, -0.15) is 5.10 Å². The minimum atomic E-state index is 0.0280. The molecule has 0 saturated carbocycles. The van der Waals surface area contributed by atoms with Crippen LogP contribution in [-0.2, 0) is 0 Å². The predicted molar refractivity (Wildman–Crippen MR) is 81.5 cm³/mol. The molecular formula is C16H20N4O. The second-order valence-corrected chi connectivity index (χ2v) is 5.64. The van der Waals surface area contributed by atoms with E-state index in [4.69, 9.17) is 5.73 Å². The van der Waals surface area contributed by atoms with Gasteiger partial charge >= 0.3 is 0 Å². The maximum atomic E-state index is 12.6. The molecule has 21 heavy (non-hydrogen) atoms. The molecule has 1 fully saturated rings. The monoisotopic (exact) mass is 284 g/mol. The number of nitrogens with zero attached hydrogens (tertiary/aromatic N) is 3. The summed E-state index contributed by atoms with van der Waals surface area (Å²) in [5, 5.41) is 4.40. The number of para-hydroxylation sites is 1. The van der Waals surface area contributed by atoms with Crippen LogP contribution in [0.25, 0.3) is 5.69 Å². The van der Waals surface area contributed by atoms with Crippen LogP contribution in [0.15, 0.2) is 30.5 Å². The summed E-state index contributed by atoms with van der Waals surface area (Å²) in [5.41, 5.74) is 9.55. The molecule has 1 aliphatic heterocycles. The Labute approximate surface area is 124 Å². The highest BCUT2D eigenvalue weighted by atomic mass is 16.2. The number of carbonyl (C=O) groups excluding carboxylic acids is 1. The molecule has 0 aliphatic carbocycles. The predicted octanol–water partition coefficient (Wildman–Crippen LogP) is 1.66. The Kier molecular flexibility index (Phi) is 3.51. The zero-order chi connectivity index (χ0) is 15.0. The topological polar surface area (TPSA) is 64.2 Å². The number of likely N-dealkylation sites (tertiary alicyclic amines) is 1. The van der Waals surface area contributed by atoms with Crippen LogP contribution < -0.4 is 5.73 Å². The number of rotatable bonds is 2. The molecule has 110 valence electrons. The summed E-state index contributed by atoms with van der Waals surface area (Å²) in [5.74, 6) is 0.0280. The first-order valence-corrected chi connectivity index (χ1v) is 7.23. The molecular weight excluding hydrogens is 264 g/mol. The van der Waals surface area contributed by atoms with Gasteiger partial charge in [0.1, 0.15) is 0 Å². The van der Waals surface area contributed by atoms with Gasteiger partial charge in [0.15, 0.2) is 0 Å². The van der Waals surface area contributed by atoms with E-state index in [1.807, 2.05) is 47.7 Å². The zero-order valence-electron chi connectivity index (χ0n) is 12.4. The molecule has 2 aromatic rings. The van der Waals surface area contributed by atoms with E-state index in [0.717, 1.165) is 29.9 Å². The van der Waals surface area contributed by atoms with Gasteiger partial charge in [-0.25, -0.2) is 4.68 Å². The molecule has 0 spiro atoms. The lowest BCUT2D eigenvalue weighted by atomic mass is 10.2. The van der Waals surface area contributed by atoms with Gasteiger partial charge in [-0.05, 0) is 31.9 Å². The molecule has 0 bridgehead atoms. The molecule has 1 aromatic heterocycles. The zero-order valence-corrected chi connectivity index (χ0v) is 12.4. The van der Waals surface area contributed by atoms with Crippen molar-refractivity contribution in [3.05, 3.63) is 47.3 Å². The van der Waals surface area contributed by atoms with Gasteiger partial charge in [0.05, 0.1) is 23.1 Å². The van der Waals surface area contributed by atoms with Crippen molar-refractivity contribution in [1.82, 2.24) is 14.7 Å². The fourth-order valence-corrected chi connectivity index (χ4v) is 2.81. The molecule has 2 heterocycles. The van der Waals surface area contributed by atoms with Gasteiger partial charge in [-0.1, -0.05) is 18.2 Å². The SMILES string of the molecule is Cc1ccccc1-n1ncc(C(=O)N2CCC(N)C2)c1C. The van der Waals surface area contributed by atoms with Gasteiger partial charge in [0.2, 0.25) is 0 Å². The minimum absolute atomic E-state index is 0.0280. The Hall–Kier alpha value is -2.14. The van der Waals surface area contributed by atoms with Crippen molar-refractivity contribution in [2.45, 2.75) is 26.3 Å². The molecule has 2 N–H and O–H groups in total. The van der Waals surface area contributed by atoms with E-state index in [-0.39, 0.29) is 11.9 Å². The normalized spacial score (nSPS) is 18.2. The smallest absolute Gasteiger partial charge is 0.257 e. The van der Waals surface area contributed by atoms with Crippen molar-refractivity contribution in [3.8, 4) is 5.69 Å². The number of amides is 1. The first-order chi connectivity index (χ1) is 10.1. The van der Waals surface area contributed by atoms with Crippen molar-refractivity contribution in [2.75, 3.05) is 13.1 Å². The van der Waals surface area contributed by atoms with Gasteiger partial charge in [-0.3, -0.25) is 4.79 Å². The summed E-state index contributed by atoms with van der Waals surface area (Å²) in [7, 11) is 0. The Morgan fingerprint density at radius 2 is 2.10 bits per heavy atom. The Bertz CT molecular complexity index is 677. The van der Waals surface area contributed by atoms with Crippen LogP contribution in [-0.4, -0.2) is 39.7 Å². The van der Waals surface area contributed by atoms with E-state index in [9.17, 15) is 4.79 Å². The van der Waals surface area contributed by atoms with Crippen molar-refractivity contribution < 1.29 is 4.79 Å². The van der Waals surface area contributed by atoms with Gasteiger partial charge in [0.25, 0.3) is 5.91 Å². The van der Waals surface area contributed by atoms with Crippen LogP contribution in [0, 0.1) is 13.8 Å². The van der Waals surface area contributed by atoms with Gasteiger partial charge in [-0.15, -0.1) is 0 Å². The van der Waals surface area contributed by atoms with Crippen LogP contribution in [0.3, 0.4) is 0 Å². The van der Waals surface area contributed by atoms with E-state index in [1.165, 1.54) is 0 Å². The Morgan fingerprint density at radius 1 is 1.33 bits per heavy atom. The Balaban J connectivity index is 1.93. The van der Waals surface area contributed by atoms with E-state index in [2.05, 4.69) is 5.10 Å². The first kappa shape index (κ1) is 13.8. The average molecular weight is 284 g/mol. The van der Waals surface area contributed by atoms with Crippen molar-refractivity contribution in [3.63, 3.8) is 0 Å². The maximum absolute atomic E-state index is 12.6. The first-order valence-electron chi connectivity index (χ1n) is 7.23. The third-order valence-electron chi connectivity index (χ3n) is 4.10. The summed E-state index contributed by atoms with van der Waals surface area (Å²) < 4.78 is 1.83. The van der Waals surface area contributed by atoms with E-state index in [1.54, 1.807) is 6.20 Å². The lowest BCUT2D eigenvalue weighted by Crippen LogP contribution is -2.32. The van der Waals surface area contributed by atoms with Gasteiger partial charge < -0.3 is 10.6 Å². The molecule has 5 nitrogen and oxygen atoms in total. The highest BCUT2D eigenvalue weighted by Gasteiger charge is 2.27. The lowest BCUT2D eigenvalue weighted by Gasteiger charge is -2.15. The number of benzene rings is 1. The van der Waals surface area contributed by atoms with E-state index < -0.39 is 0 Å². The van der Waals surface area contributed by atoms with Crippen molar-refractivity contribution in [1.29, 1.82) is 0 Å². The fraction of sp³-hybridized carbons (Fsp3) is 0.375. The van der Waals surface area contributed by atoms with Crippen molar-refractivity contribution >= 4 is 5.91 Å². The standard InChI is InChI=1S/C16H20N4O/c1-11-5-3-4-6-15(11)20-12(2)14(9-18-20)16(21)19-8-7-13(17)10-19/h3-6,9,13H,7-8,10,17H2,1-2H3. The van der Waals surface area contributed by atoms with Crippen LogP contribution >= 0.6 is 0 Å². The molecule has 5 heteroatoms. The van der Waals surface area contributed by atoms with Gasteiger partial charge in [0, 0.05) is 19.1 Å². The largest absolute Gasteiger partial charge is 0.337 e. The van der Waals surface area contributed by atoms with E-state index >= 15 is 0 Å². The quantitative estimate of drug-likeness (QED) is 0.912. The summed E-state index contributed by atoms with van der Waals surface area (Å²) >= 11 is 0. The summed E-state index contributed by atoms with van der Waals surface area (Å²) in [6.07, 6.45) is 2.53. The molecule has 1 amide bonds. The van der Waals surface area contributed by atoms with Crippen LogP contribution in [0.4, 0.5) is 0 Å². The van der Waals surface area contributed by atoms with E-state index in [0.29, 0.717) is 12.1 Å². The molecule has 0 radical (unpaired) electrons. The number of aryl methyl sites for hydroxylation is 1. The Morgan fingerprint density at radius 3 is 2.76 bits per heavy atom. The molecule has 3 rings (SSSR count). The minimum Gasteiger partial charge on any atom is -0.337 e. The molecule has 1 saturated heterocycles. The van der Waals surface area contributed by atoms with Crippen LogP contribution in [0.1, 0.15) is 28.0 Å². The lowest BCUT2D eigenvalue weighted by molar-refractivity contribution is 0.0790. The number of carbonyl (C=O) groups is 1. The fourth-order valence-electron chi connectivity index (χ4n) is 2.81. The van der Waals surface area contributed by atoms with Crippen molar-refractivity contribution in [2.24, 2.45) is 5.73 Å². The average Bonchev–Trinajstić information content (AvgIpc) is 3.05. The molecule has 1 unspecified atom stereocenters. The summed E-state index contributed by atoms with van der Waals surface area (Å²) in [6, 6.07) is 8.12. The maximum Gasteiger partial charge on any atom is 0.257 e. The second-order valence-electron chi connectivity index (χ2n) is 5.64.